The number of hydrogen-bond acceptors (Lipinski definition) is 6. The van der Waals surface area contributed by atoms with Crippen LogP contribution in [0.1, 0.15) is 34.1 Å². The molecule has 9 heteroatoms. The van der Waals surface area contributed by atoms with Crippen LogP contribution in [0.25, 0.3) is 0 Å². The molecule has 0 saturated carbocycles. The van der Waals surface area contributed by atoms with E-state index in [1.807, 2.05) is 23.1 Å². The lowest BCUT2D eigenvalue weighted by atomic mass is 10.0. The van der Waals surface area contributed by atoms with Gasteiger partial charge < -0.3 is 9.64 Å². The molecule has 1 atom stereocenters. The Bertz CT molecular complexity index is 925. The van der Waals surface area contributed by atoms with Gasteiger partial charge in [-0.2, -0.15) is 0 Å². The first kappa shape index (κ1) is 22.7. The summed E-state index contributed by atoms with van der Waals surface area (Å²) in [5.41, 5.74) is 0.686. The molecule has 3 rings (SSSR count). The summed E-state index contributed by atoms with van der Waals surface area (Å²) in [4.78, 5) is 41.5. The van der Waals surface area contributed by atoms with Gasteiger partial charge in [-0.15, -0.1) is 11.3 Å². The maximum absolute atomic E-state index is 12.5. The average molecular weight is 469 g/mol. The number of carbonyl (C=O) groups excluding carboxylic acids is 3. The molecule has 1 aliphatic heterocycles. The van der Waals surface area contributed by atoms with Gasteiger partial charge in [0.25, 0.3) is 0 Å². The number of thiophene rings is 1. The Hall–Kier alpha value is -1.93. The summed E-state index contributed by atoms with van der Waals surface area (Å²) in [6.07, 6.45) is 0.305. The summed E-state index contributed by atoms with van der Waals surface area (Å²) in [7, 11) is 1.35. The Morgan fingerprint density at radius 2 is 1.73 bits per heavy atom. The summed E-state index contributed by atoms with van der Waals surface area (Å²) in [5, 5.41) is 0.499. The first-order chi connectivity index (χ1) is 14.4. The second-order valence-electron chi connectivity index (χ2n) is 6.89. The fourth-order valence-corrected chi connectivity index (χ4v) is 4.73. The number of halogens is 2. The fourth-order valence-electron chi connectivity index (χ4n) is 3.48. The van der Waals surface area contributed by atoms with Gasteiger partial charge in [-0.05, 0) is 23.8 Å². The van der Waals surface area contributed by atoms with E-state index in [1.165, 1.54) is 18.4 Å². The monoisotopic (exact) mass is 468 g/mol. The van der Waals surface area contributed by atoms with E-state index in [0.717, 1.165) is 0 Å². The van der Waals surface area contributed by atoms with E-state index in [4.69, 9.17) is 27.9 Å². The van der Waals surface area contributed by atoms with E-state index in [-0.39, 0.29) is 30.5 Å². The zero-order valence-corrected chi connectivity index (χ0v) is 18.8. The molecule has 1 fully saturated rings. The highest BCUT2D eigenvalue weighted by molar-refractivity contribution is 7.18. The lowest BCUT2D eigenvalue weighted by Crippen LogP contribution is -2.51. The van der Waals surface area contributed by atoms with Crippen molar-refractivity contribution >= 4 is 52.2 Å². The molecule has 2 heterocycles. The van der Waals surface area contributed by atoms with E-state index in [1.54, 1.807) is 23.1 Å². The zero-order valence-electron chi connectivity index (χ0n) is 16.5. The zero-order chi connectivity index (χ0) is 21.7. The molecule has 1 unspecified atom stereocenters. The quantitative estimate of drug-likeness (QED) is 0.452. The molecule has 0 N–H and O–H groups in total. The molecule has 0 bridgehead atoms. The number of ether oxygens (including phenoxy) is 1. The number of Topliss-reactive ketones (excluding diaryl/α,β-unsaturated/α-hetero) is 1. The van der Waals surface area contributed by atoms with Crippen LogP contribution >= 0.6 is 34.5 Å². The van der Waals surface area contributed by atoms with Crippen LogP contribution in [0.4, 0.5) is 0 Å². The largest absolute Gasteiger partial charge is 0.468 e. The molecule has 0 aliphatic carbocycles. The minimum absolute atomic E-state index is 0.0713. The Morgan fingerprint density at radius 1 is 1.03 bits per heavy atom. The number of amides is 1. The second-order valence-corrected chi connectivity index (χ2v) is 9.01. The number of hydrogen-bond donors (Lipinski definition) is 0. The average Bonchev–Trinajstić information content (AvgIpc) is 3.20. The van der Waals surface area contributed by atoms with E-state index < -0.39 is 6.04 Å². The molecular formula is C21H22Cl2N2O4S. The number of rotatable bonds is 7. The Balaban J connectivity index is 1.57. The van der Waals surface area contributed by atoms with Gasteiger partial charge in [0.2, 0.25) is 5.91 Å². The number of benzene rings is 1. The highest BCUT2D eigenvalue weighted by Gasteiger charge is 2.33. The predicted octanol–water partition coefficient (Wildman–Crippen LogP) is 4.08. The molecule has 30 heavy (non-hydrogen) atoms. The number of ketones is 1. The smallest absolute Gasteiger partial charge is 0.327 e. The molecule has 1 saturated heterocycles. The van der Waals surface area contributed by atoms with E-state index in [2.05, 4.69) is 0 Å². The number of esters is 1. The summed E-state index contributed by atoms with van der Waals surface area (Å²) in [5.74, 6) is -0.538. The van der Waals surface area contributed by atoms with E-state index >= 15 is 0 Å². The third kappa shape index (κ3) is 5.40. The van der Waals surface area contributed by atoms with Gasteiger partial charge in [-0.25, -0.2) is 4.79 Å². The van der Waals surface area contributed by atoms with Crippen LogP contribution in [0.2, 0.25) is 9.36 Å². The van der Waals surface area contributed by atoms with Crippen LogP contribution in [-0.2, 0) is 14.3 Å². The lowest BCUT2D eigenvalue weighted by molar-refractivity contribution is -0.148. The van der Waals surface area contributed by atoms with Crippen LogP contribution < -0.4 is 0 Å². The van der Waals surface area contributed by atoms with Crippen molar-refractivity contribution in [3.05, 3.63) is 56.2 Å². The third-order valence-electron chi connectivity index (χ3n) is 5.07. The van der Waals surface area contributed by atoms with Crippen molar-refractivity contribution in [2.24, 2.45) is 0 Å². The van der Waals surface area contributed by atoms with Gasteiger partial charge in [-0.3, -0.25) is 14.5 Å². The van der Waals surface area contributed by atoms with Gasteiger partial charge in [0.1, 0.15) is 6.04 Å². The van der Waals surface area contributed by atoms with Crippen LogP contribution in [-0.4, -0.2) is 60.7 Å². The van der Waals surface area contributed by atoms with Gasteiger partial charge in [0.05, 0.1) is 16.3 Å². The Labute approximate surface area is 189 Å². The molecule has 1 aromatic heterocycles. The van der Waals surface area contributed by atoms with Crippen molar-refractivity contribution < 1.29 is 19.1 Å². The summed E-state index contributed by atoms with van der Waals surface area (Å²) >= 11 is 13.4. The van der Waals surface area contributed by atoms with Crippen molar-refractivity contribution in [3.63, 3.8) is 0 Å². The Kier molecular flexibility index (Phi) is 7.88. The summed E-state index contributed by atoms with van der Waals surface area (Å²) in [6.45, 7) is 1.95. The molecule has 160 valence electrons. The molecule has 6 nitrogen and oxygen atoms in total. The molecule has 1 amide bonds. The maximum atomic E-state index is 12.5. The van der Waals surface area contributed by atoms with E-state index in [0.29, 0.717) is 46.0 Å². The van der Waals surface area contributed by atoms with Crippen molar-refractivity contribution in [2.75, 3.05) is 33.3 Å². The van der Waals surface area contributed by atoms with Crippen molar-refractivity contribution in [2.45, 2.75) is 18.9 Å². The second kappa shape index (κ2) is 10.4. The summed E-state index contributed by atoms with van der Waals surface area (Å²) in [6, 6.07) is 9.92. The van der Waals surface area contributed by atoms with Crippen molar-refractivity contribution in [1.82, 2.24) is 9.80 Å². The molecule has 0 spiro atoms. The third-order valence-corrected chi connectivity index (χ3v) is 6.69. The first-order valence-corrected chi connectivity index (χ1v) is 11.1. The predicted molar refractivity (Wildman–Crippen MR) is 117 cm³/mol. The van der Waals surface area contributed by atoms with E-state index in [9.17, 15) is 14.4 Å². The molecular weight excluding hydrogens is 447 g/mol. The number of methoxy groups -OCH3 is 1. The highest BCUT2D eigenvalue weighted by Crippen LogP contribution is 2.29. The van der Waals surface area contributed by atoms with Crippen LogP contribution in [0.15, 0.2) is 36.4 Å². The first-order valence-electron chi connectivity index (χ1n) is 9.53. The SMILES string of the molecule is COC(=O)C(c1ccccc1Cl)N1CCN(C(=O)CCC(=O)c2ccc(Cl)s2)CC1. The lowest BCUT2D eigenvalue weighted by Gasteiger charge is -2.38. The van der Waals surface area contributed by atoms with Gasteiger partial charge in [0, 0.05) is 44.0 Å². The minimum Gasteiger partial charge on any atom is -0.468 e. The number of piperazine rings is 1. The highest BCUT2D eigenvalue weighted by atomic mass is 35.5. The normalized spacial score (nSPS) is 15.6. The standard InChI is InChI=1S/C21H22Cl2N2O4S/c1-29-21(28)20(14-4-2-3-5-15(14)22)25-12-10-24(11-13-25)19(27)9-6-16(26)17-7-8-18(23)30-17/h2-5,7-8,20H,6,9-13H2,1H3. The molecule has 2 aromatic rings. The van der Waals surface area contributed by atoms with Crippen LogP contribution in [0.3, 0.4) is 0 Å². The van der Waals surface area contributed by atoms with Crippen LogP contribution in [0, 0.1) is 0 Å². The molecule has 1 aromatic carbocycles. The topological polar surface area (TPSA) is 66.9 Å². The van der Waals surface area contributed by atoms with Crippen LogP contribution in [0.5, 0.6) is 0 Å². The molecule has 0 radical (unpaired) electrons. The fraction of sp³-hybridized carbons (Fsp3) is 0.381. The van der Waals surface area contributed by atoms with Crippen molar-refractivity contribution in [3.8, 4) is 0 Å². The van der Waals surface area contributed by atoms with Gasteiger partial charge in [0.15, 0.2) is 5.78 Å². The van der Waals surface area contributed by atoms with Gasteiger partial charge in [-0.1, -0.05) is 41.4 Å². The Morgan fingerprint density at radius 3 is 2.33 bits per heavy atom. The minimum atomic E-state index is -0.619. The van der Waals surface area contributed by atoms with Gasteiger partial charge >= 0.3 is 5.97 Å². The summed E-state index contributed by atoms with van der Waals surface area (Å²) < 4.78 is 5.55. The number of carbonyl (C=O) groups is 3. The number of nitrogens with zero attached hydrogens (tertiary/aromatic N) is 2. The molecule has 1 aliphatic rings. The maximum Gasteiger partial charge on any atom is 0.327 e. The van der Waals surface area contributed by atoms with Crippen molar-refractivity contribution in [1.29, 1.82) is 0 Å².